The molecular weight excluding hydrogens is 428 g/mol. The molecule has 0 aliphatic carbocycles. The van der Waals surface area contributed by atoms with E-state index in [9.17, 15) is 15.4 Å². The number of nitro groups is 1. The van der Waals surface area contributed by atoms with E-state index < -0.39 is 4.92 Å². The summed E-state index contributed by atoms with van der Waals surface area (Å²) in [7, 11) is 0. The molecule has 0 spiro atoms. The Morgan fingerprint density at radius 1 is 0.971 bits per heavy atom. The first-order valence-corrected chi connectivity index (χ1v) is 10.4. The minimum atomic E-state index is -0.467. The van der Waals surface area contributed by atoms with Crippen molar-refractivity contribution < 1.29 is 4.92 Å². The smallest absolute Gasteiger partial charge is 0.270 e. The molecule has 0 unspecified atom stereocenters. The molecule has 0 fully saturated rings. The SMILES string of the molecule is N#Cc1c(-c2cccc([N+](=O)[O-])c2)cc(-c2nc3ccccc3[nH]2)nc1N=Cc1ccccc1. The summed E-state index contributed by atoms with van der Waals surface area (Å²) in [6, 6.07) is 27.1. The number of aromatic nitrogens is 3. The molecule has 5 rings (SSSR count). The second kappa shape index (κ2) is 8.76. The number of pyridine rings is 1. The van der Waals surface area contributed by atoms with Crippen LogP contribution in [0.1, 0.15) is 11.1 Å². The van der Waals surface area contributed by atoms with Gasteiger partial charge < -0.3 is 4.98 Å². The number of hydrogen-bond acceptors (Lipinski definition) is 6. The lowest BCUT2D eigenvalue weighted by Crippen LogP contribution is -1.95. The van der Waals surface area contributed by atoms with Gasteiger partial charge in [0, 0.05) is 23.9 Å². The molecule has 0 atom stereocenters. The van der Waals surface area contributed by atoms with Crippen LogP contribution in [-0.2, 0) is 0 Å². The molecule has 0 bridgehead atoms. The number of nitrogens with one attached hydrogen (secondary N) is 1. The van der Waals surface area contributed by atoms with E-state index in [1.807, 2.05) is 54.6 Å². The van der Waals surface area contributed by atoms with Gasteiger partial charge in [0.1, 0.15) is 17.3 Å². The molecule has 162 valence electrons. The van der Waals surface area contributed by atoms with Crippen LogP contribution in [0, 0.1) is 21.4 Å². The Bertz CT molecular complexity index is 1570. The minimum Gasteiger partial charge on any atom is -0.337 e. The van der Waals surface area contributed by atoms with Crippen molar-refractivity contribution in [2.45, 2.75) is 0 Å². The maximum atomic E-state index is 11.3. The van der Waals surface area contributed by atoms with Crippen LogP contribution in [0.25, 0.3) is 33.7 Å². The summed E-state index contributed by atoms with van der Waals surface area (Å²) in [6.07, 6.45) is 1.63. The average molecular weight is 444 g/mol. The van der Waals surface area contributed by atoms with Crippen molar-refractivity contribution in [3.63, 3.8) is 0 Å². The lowest BCUT2D eigenvalue weighted by molar-refractivity contribution is -0.384. The van der Waals surface area contributed by atoms with Crippen molar-refractivity contribution in [1.82, 2.24) is 15.0 Å². The number of para-hydroxylation sites is 2. The second-order valence-corrected chi connectivity index (χ2v) is 7.44. The number of hydrogen-bond donors (Lipinski definition) is 1. The van der Waals surface area contributed by atoms with Gasteiger partial charge in [-0.1, -0.05) is 54.6 Å². The van der Waals surface area contributed by atoms with Gasteiger partial charge in [0.2, 0.25) is 0 Å². The highest BCUT2D eigenvalue weighted by Gasteiger charge is 2.18. The van der Waals surface area contributed by atoms with E-state index in [0.29, 0.717) is 22.6 Å². The summed E-state index contributed by atoms with van der Waals surface area (Å²) < 4.78 is 0. The molecule has 0 radical (unpaired) electrons. The highest BCUT2D eigenvalue weighted by molar-refractivity contribution is 5.86. The first kappa shape index (κ1) is 20.7. The Balaban J connectivity index is 1.73. The van der Waals surface area contributed by atoms with Crippen molar-refractivity contribution in [2.24, 2.45) is 4.99 Å². The van der Waals surface area contributed by atoms with Crippen LogP contribution in [-0.4, -0.2) is 26.1 Å². The van der Waals surface area contributed by atoms with Crippen molar-refractivity contribution in [2.75, 3.05) is 0 Å². The fourth-order valence-corrected chi connectivity index (χ4v) is 3.62. The zero-order chi connectivity index (χ0) is 23.5. The average Bonchev–Trinajstić information content (AvgIpc) is 3.32. The molecule has 8 nitrogen and oxygen atoms in total. The third-order valence-corrected chi connectivity index (χ3v) is 5.25. The molecule has 0 saturated carbocycles. The molecule has 0 amide bonds. The topological polar surface area (TPSA) is 121 Å². The van der Waals surface area contributed by atoms with E-state index in [2.05, 4.69) is 26.0 Å². The van der Waals surface area contributed by atoms with Gasteiger partial charge in [0.25, 0.3) is 5.69 Å². The quantitative estimate of drug-likeness (QED) is 0.208. The van der Waals surface area contributed by atoms with Crippen LogP contribution in [0.3, 0.4) is 0 Å². The maximum Gasteiger partial charge on any atom is 0.270 e. The number of nitrogens with zero attached hydrogens (tertiary/aromatic N) is 5. The van der Waals surface area contributed by atoms with Crippen molar-refractivity contribution in [3.05, 3.63) is 106 Å². The van der Waals surface area contributed by atoms with E-state index in [1.165, 1.54) is 12.1 Å². The third-order valence-electron chi connectivity index (χ3n) is 5.25. The predicted octanol–water partition coefficient (Wildman–Crippen LogP) is 5.82. The lowest BCUT2D eigenvalue weighted by Gasteiger charge is -2.09. The number of rotatable bonds is 5. The van der Waals surface area contributed by atoms with Crippen LogP contribution in [0.4, 0.5) is 11.5 Å². The highest BCUT2D eigenvalue weighted by Crippen LogP contribution is 2.34. The molecule has 1 N–H and O–H groups in total. The van der Waals surface area contributed by atoms with E-state index >= 15 is 0 Å². The standard InChI is InChI=1S/C26H16N6O2/c27-15-21-20(18-9-6-10-19(13-18)32(33)34)14-24(26-29-22-11-4-5-12-23(22)30-26)31-25(21)28-16-17-7-2-1-3-8-17/h1-14,16H,(H,29,30). The molecule has 8 heteroatoms. The fourth-order valence-electron chi connectivity index (χ4n) is 3.62. The number of benzene rings is 3. The molecule has 34 heavy (non-hydrogen) atoms. The number of nitriles is 1. The fraction of sp³-hybridized carbons (Fsp3) is 0. The van der Waals surface area contributed by atoms with Gasteiger partial charge in [-0.3, -0.25) is 10.1 Å². The van der Waals surface area contributed by atoms with E-state index in [0.717, 1.165) is 16.6 Å². The largest absolute Gasteiger partial charge is 0.337 e. The first-order valence-electron chi connectivity index (χ1n) is 10.4. The summed E-state index contributed by atoms with van der Waals surface area (Å²) in [5, 5.41) is 21.3. The Labute approximate surface area is 194 Å². The monoisotopic (exact) mass is 444 g/mol. The van der Waals surface area contributed by atoms with Gasteiger partial charge in [-0.15, -0.1) is 0 Å². The van der Waals surface area contributed by atoms with Gasteiger partial charge in [-0.05, 0) is 29.3 Å². The Morgan fingerprint density at radius 3 is 2.53 bits per heavy atom. The summed E-state index contributed by atoms with van der Waals surface area (Å²) in [5.74, 6) is 0.708. The maximum absolute atomic E-state index is 11.3. The van der Waals surface area contributed by atoms with Crippen LogP contribution < -0.4 is 0 Å². The lowest BCUT2D eigenvalue weighted by atomic mass is 9.99. The number of non-ortho nitro benzene ring substituents is 1. The predicted molar refractivity (Wildman–Crippen MR) is 130 cm³/mol. The molecule has 0 aliphatic heterocycles. The zero-order valence-electron chi connectivity index (χ0n) is 17.7. The molecule has 5 aromatic rings. The first-order chi connectivity index (χ1) is 16.6. The van der Waals surface area contributed by atoms with E-state index in [4.69, 9.17) is 0 Å². The molecule has 2 aromatic heterocycles. The summed E-state index contributed by atoms with van der Waals surface area (Å²) in [6.45, 7) is 0. The van der Waals surface area contributed by atoms with Crippen LogP contribution in [0.2, 0.25) is 0 Å². The summed E-state index contributed by atoms with van der Waals surface area (Å²) in [4.78, 5) is 27.9. The van der Waals surface area contributed by atoms with Crippen molar-refractivity contribution in [1.29, 1.82) is 5.26 Å². The van der Waals surface area contributed by atoms with Gasteiger partial charge >= 0.3 is 0 Å². The van der Waals surface area contributed by atoms with Crippen molar-refractivity contribution >= 4 is 28.8 Å². The number of aromatic amines is 1. The van der Waals surface area contributed by atoms with Gasteiger partial charge in [-0.2, -0.15) is 5.26 Å². The highest BCUT2D eigenvalue weighted by atomic mass is 16.6. The molecular formula is C26H16N6O2. The molecule has 3 aromatic carbocycles. The van der Waals surface area contributed by atoms with Crippen molar-refractivity contribution in [3.8, 4) is 28.7 Å². The second-order valence-electron chi connectivity index (χ2n) is 7.44. The van der Waals surface area contributed by atoms with E-state index in [-0.39, 0.29) is 17.1 Å². The third kappa shape index (κ3) is 4.01. The Hall–Kier alpha value is -5.16. The van der Waals surface area contributed by atoms with Gasteiger partial charge in [0.05, 0.1) is 16.0 Å². The van der Waals surface area contributed by atoms with Crippen LogP contribution >= 0.6 is 0 Å². The van der Waals surface area contributed by atoms with Gasteiger partial charge in [0.15, 0.2) is 11.6 Å². The zero-order valence-corrected chi connectivity index (χ0v) is 17.7. The summed E-state index contributed by atoms with van der Waals surface area (Å²) in [5.41, 5.74) is 4.07. The number of aliphatic imine (C=N–C) groups is 1. The molecule has 2 heterocycles. The summed E-state index contributed by atoms with van der Waals surface area (Å²) >= 11 is 0. The molecule has 0 aliphatic rings. The number of H-pyrrole nitrogens is 1. The Kier molecular flexibility index (Phi) is 5.34. The van der Waals surface area contributed by atoms with Crippen LogP contribution in [0.5, 0.6) is 0 Å². The number of imidazole rings is 1. The van der Waals surface area contributed by atoms with Crippen LogP contribution in [0.15, 0.2) is 89.9 Å². The van der Waals surface area contributed by atoms with E-state index in [1.54, 1.807) is 24.4 Å². The normalized spacial score (nSPS) is 11.0. The Morgan fingerprint density at radius 2 is 1.76 bits per heavy atom. The minimum absolute atomic E-state index is 0.0715. The molecule has 0 saturated heterocycles. The number of fused-ring (bicyclic) bond motifs is 1. The number of nitro benzene ring substituents is 1. The van der Waals surface area contributed by atoms with Gasteiger partial charge in [-0.25, -0.2) is 15.0 Å².